The molecule has 2 N–H and O–H groups in total. The molecule has 21 heavy (non-hydrogen) atoms. The van der Waals surface area contributed by atoms with Crippen molar-refractivity contribution in [2.45, 2.75) is 44.1 Å². The Kier molecular flexibility index (Phi) is 5.12. The number of carbonyl (C=O) groups is 1. The van der Waals surface area contributed by atoms with Crippen LogP contribution in [-0.2, 0) is 4.79 Å². The molecule has 1 aromatic heterocycles. The van der Waals surface area contributed by atoms with Crippen LogP contribution in [0.3, 0.4) is 0 Å². The van der Waals surface area contributed by atoms with E-state index < -0.39 is 0 Å². The maximum atomic E-state index is 11.9. The van der Waals surface area contributed by atoms with Crippen molar-refractivity contribution in [1.29, 1.82) is 0 Å². The van der Waals surface area contributed by atoms with Crippen LogP contribution < -0.4 is 10.1 Å². The Morgan fingerprint density at radius 1 is 1.43 bits per heavy atom. The first-order valence-corrected chi connectivity index (χ1v) is 7.97. The molecule has 1 heterocycles. The highest BCUT2D eigenvalue weighted by Gasteiger charge is 2.17. The van der Waals surface area contributed by atoms with Crippen LogP contribution in [0.25, 0.3) is 11.0 Å². The standard InChI is InChI=1S/C15H21N3O2S/c1-5-20-11-6-7-12-13(8-11)18-15(17-12)21-10(4)14(19)16-9(2)3/h6-10H,5H2,1-4H3,(H,16,19)(H,17,18). The first kappa shape index (κ1) is 15.7. The van der Waals surface area contributed by atoms with Gasteiger partial charge in [-0.25, -0.2) is 4.98 Å². The van der Waals surface area contributed by atoms with Gasteiger partial charge in [-0.2, -0.15) is 0 Å². The lowest BCUT2D eigenvalue weighted by molar-refractivity contribution is -0.120. The van der Waals surface area contributed by atoms with E-state index >= 15 is 0 Å². The zero-order valence-electron chi connectivity index (χ0n) is 12.8. The molecule has 0 saturated carbocycles. The molecule has 0 fully saturated rings. The third-order valence-corrected chi connectivity index (χ3v) is 3.82. The summed E-state index contributed by atoms with van der Waals surface area (Å²) < 4.78 is 5.47. The number of H-pyrrole nitrogens is 1. The molecular formula is C15H21N3O2S. The van der Waals surface area contributed by atoms with Gasteiger partial charge in [-0.3, -0.25) is 4.79 Å². The van der Waals surface area contributed by atoms with Crippen molar-refractivity contribution in [2.75, 3.05) is 6.61 Å². The molecule has 0 saturated heterocycles. The number of aromatic amines is 1. The van der Waals surface area contributed by atoms with Crippen LogP contribution in [0.4, 0.5) is 0 Å². The molecule has 2 rings (SSSR count). The molecule has 1 amide bonds. The third-order valence-electron chi connectivity index (χ3n) is 2.83. The summed E-state index contributed by atoms with van der Waals surface area (Å²) in [5, 5.41) is 3.45. The van der Waals surface area contributed by atoms with Crippen molar-refractivity contribution in [2.24, 2.45) is 0 Å². The van der Waals surface area contributed by atoms with Gasteiger partial charge in [0.2, 0.25) is 5.91 Å². The summed E-state index contributed by atoms with van der Waals surface area (Å²) in [5.41, 5.74) is 1.79. The number of rotatable bonds is 6. The molecule has 0 radical (unpaired) electrons. The molecule has 0 bridgehead atoms. The van der Waals surface area contributed by atoms with E-state index in [9.17, 15) is 4.79 Å². The molecular weight excluding hydrogens is 286 g/mol. The molecule has 0 aliphatic heterocycles. The van der Waals surface area contributed by atoms with Gasteiger partial charge < -0.3 is 15.0 Å². The average molecular weight is 307 g/mol. The number of hydrogen-bond acceptors (Lipinski definition) is 4. The number of ether oxygens (including phenoxy) is 1. The summed E-state index contributed by atoms with van der Waals surface area (Å²) in [6, 6.07) is 5.88. The van der Waals surface area contributed by atoms with Crippen molar-refractivity contribution in [3.63, 3.8) is 0 Å². The second-order valence-electron chi connectivity index (χ2n) is 5.08. The molecule has 6 heteroatoms. The van der Waals surface area contributed by atoms with E-state index in [1.807, 2.05) is 45.9 Å². The summed E-state index contributed by atoms with van der Waals surface area (Å²) in [6.07, 6.45) is 0. The van der Waals surface area contributed by atoms with E-state index in [1.165, 1.54) is 11.8 Å². The number of aromatic nitrogens is 2. The predicted octanol–water partition coefficient (Wildman–Crippen LogP) is 2.97. The van der Waals surface area contributed by atoms with E-state index in [-0.39, 0.29) is 17.2 Å². The average Bonchev–Trinajstić information content (AvgIpc) is 2.79. The van der Waals surface area contributed by atoms with E-state index in [2.05, 4.69) is 15.3 Å². The summed E-state index contributed by atoms with van der Waals surface area (Å²) in [5.74, 6) is 0.835. The van der Waals surface area contributed by atoms with Crippen molar-refractivity contribution in [1.82, 2.24) is 15.3 Å². The molecule has 1 unspecified atom stereocenters. The number of thioether (sulfide) groups is 1. The fourth-order valence-corrected chi connectivity index (χ4v) is 2.73. The van der Waals surface area contributed by atoms with Crippen molar-refractivity contribution < 1.29 is 9.53 Å². The lowest BCUT2D eigenvalue weighted by Crippen LogP contribution is -2.35. The first-order chi connectivity index (χ1) is 9.99. The number of hydrogen-bond donors (Lipinski definition) is 2. The van der Waals surface area contributed by atoms with Crippen molar-refractivity contribution in [3.05, 3.63) is 18.2 Å². The number of fused-ring (bicyclic) bond motifs is 1. The fourth-order valence-electron chi connectivity index (χ4n) is 1.90. The highest BCUT2D eigenvalue weighted by Crippen LogP contribution is 2.25. The Morgan fingerprint density at radius 3 is 2.86 bits per heavy atom. The zero-order valence-corrected chi connectivity index (χ0v) is 13.6. The van der Waals surface area contributed by atoms with E-state index in [0.717, 1.165) is 21.9 Å². The molecule has 1 aromatic carbocycles. The minimum Gasteiger partial charge on any atom is -0.494 e. The monoisotopic (exact) mass is 307 g/mol. The number of benzene rings is 1. The number of amides is 1. The Hall–Kier alpha value is -1.69. The van der Waals surface area contributed by atoms with Crippen LogP contribution in [0.15, 0.2) is 23.4 Å². The summed E-state index contributed by atoms with van der Waals surface area (Å²) in [4.78, 5) is 19.6. The second kappa shape index (κ2) is 6.85. The highest BCUT2D eigenvalue weighted by atomic mass is 32.2. The Bertz CT molecular complexity index is 624. The first-order valence-electron chi connectivity index (χ1n) is 7.09. The molecule has 0 aliphatic carbocycles. The Morgan fingerprint density at radius 2 is 2.19 bits per heavy atom. The lowest BCUT2D eigenvalue weighted by Gasteiger charge is -2.12. The highest BCUT2D eigenvalue weighted by molar-refractivity contribution is 8.00. The summed E-state index contributed by atoms with van der Waals surface area (Å²) in [6.45, 7) is 8.36. The fraction of sp³-hybridized carbons (Fsp3) is 0.467. The quantitative estimate of drug-likeness (QED) is 0.805. The van der Waals surface area contributed by atoms with Gasteiger partial charge >= 0.3 is 0 Å². The largest absolute Gasteiger partial charge is 0.494 e. The smallest absolute Gasteiger partial charge is 0.233 e. The van der Waals surface area contributed by atoms with Gasteiger partial charge in [0.1, 0.15) is 5.75 Å². The molecule has 5 nitrogen and oxygen atoms in total. The SMILES string of the molecule is CCOc1ccc2nc(SC(C)C(=O)NC(C)C)[nH]c2c1. The molecule has 2 aromatic rings. The van der Waals surface area contributed by atoms with Gasteiger partial charge in [-0.1, -0.05) is 11.8 Å². The molecule has 114 valence electrons. The Labute approximate surface area is 128 Å². The van der Waals surface area contributed by atoms with Crippen LogP contribution in [0.2, 0.25) is 0 Å². The van der Waals surface area contributed by atoms with Gasteiger partial charge in [0.15, 0.2) is 5.16 Å². The molecule has 1 atom stereocenters. The minimum atomic E-state index is -0.195. The van der Waals surface area contributed by atoms with Gasteiger partial charge in [0.25, 0.3) is 0 Å². The second-order valence-corrected chi connectivity index (χ2v) is 6.41. The summed E-state index contributed by atoms with van der Waals surface area (Å²) >= 11 is 1.42. The van der Waals surface area contributed by atoms with E-state index in [4.69, 9.17) is 4.74 Å². The van der Waals surface area contributed by atoms with Crippen LogP contribution in [-0.4, -0.2) is 33.8 Å². The maximum absolute atomic E-state index is 11.9. The molecule has 0 spiro atoms. The minimum absolute atomic E-state index is 0.0189. The Balaban J connectivity index is 2.10. The summed E-state index contributed by atoms with van der Waals surface area (Å²) in [7, 11) is 0. The van der Waals surface area contributed by atoms with Crippen LogP contribution in [0.1, 0.15) is 27.7 Å². The zero-order chi connectivity index (χ0) is 15.4. The molecule has 0 aliphatic rings. The van der Waals surface area contributed by atoms with Crippen molar-refractivity contribution in [3.8, 4) is 5.75 Å². The number of imidazole rings is 1. The third kappa shape index (κ3) is 4.14. The normalized spacial score (nSPS) is 12.6. The maximum Gasteiger partial charge on any atom is 0.233 e. The van der Waals surface area contributed by atoms with Gasteiger partial charge in [0, 0.05) is 12.1 Å². The van der Waals surface area contributed by atoms with E-state index in [0.29, 0.717) is 6.61 Å². The van der Waals surface area contributed by atoms with Gasteiger partial charge in [0.05, 0.1) is 22.9 Å². The number of carbonyl (C=O) groups excluding carboxylic acids is 1. The van der Waals surface area contributed by atoms with Crippen LogP contribution in [0.5, 0.6) is 5.75 Å². The van der Waals surface area contributed by atoms with E-state index in [1.54, 1.807) is 0 Å². The van der Waals surface area contributed by atoms with Gasteiger partial charge in [-0.05, 0) is 39.8 Å². The van der Waals surface area contributed by atoms with Crippen LogP contribution >= 0.6 is 11.8 Å². The van der Waals surface area contributed by atoms with Crippen LogP contribution in [0, 0.1) is 0 Å². The van der Waals surface area contributed by atoms with Gasteiger partial charge in [-0.15, -0.1) is 0 Å². The van der Waals surface area contributed by atoms with Crippen molar-refractivity contribution >= 4 is 28.7 Å². The predicted molar refractivity (Wildman–Crippen MR) is 85.9 cm³/mol. The number of nitrogens with zero attached hydrogens (tertiary/aromatic N) is 1. The number of nitrogens with one attached hydrogen (secondary N) is 2. The topological polar surface area (TPSA) is 67.0 Å². The lowest BCUT2D eigenvalue weighted by atomic mass is 10.3.